The summed E-state index contributed by atoms with van der Waals surface area (Å²) >= 11 is 0. The van der Waals surface area contributed by atoms with E-state index < -0.39 is 6.10 Å². The van der Waals surface area contributed by atoms with Gasteiger partial charge in [-0.2, -0.15) is 0 Å². The molecule has 1 saturated heterocycles. The number of rotatable bonds is 1. The Kier molecular flexibility index (Phi) is 2.96. The molecule has 0 radical (unpaired) electrons. The molecule has 4 heteroatoms. The standard InChI is InChI=1S/C17H18N2O2/c18-13-9-21-10-16(17(13)20)19-14-7-3-1-5-11(14)12-6-2-4-8-15(12)19/h1-8,13,16-17,20H,9-10,18H2/t13-,16+,17+/m1/s1. The second-order valence-electron chi connectivity index (χ2n) is 5.66. The van der Waals surface area contributed by atoms with Crippen molar-refractivity contribution in [1.29, 1.82) is 0 Å². The highest BCUT2D eigenvalue weighted by Crippen LogP contribution is 2.34. The molecule has 3 N–H and O–H groups in total. The molecule has 1 aliphatic heterocycles. The quantitative estimate of drug-likeness (QED) is 0.718. The first-order valence-electron chi connectivity index (χ1n) is 7.26. The lowest BCUT2D eigenvalue weighted by Crippen LogP contribution is -2.49. The minimum absolute atomic E-state index is 0.154. The van der Waals surface area contributed by atoms with Crippen molar-refractivity contribution in [2.45, 2.75) is 18.2 Å². The number of ether oxygens (including phenoxy) is 1. The minimum Gasteiger partial charge on any atom is -0.389 e. The number of hydrogen-bond acceptors (Lipinski definition) is 3. The highest BCUT2D eigenvalue weighted by atomic mass is 16.5. The largest absolute Gasteiger partial charge is 0.389 e. The molecule has 1 fully saturated rings. The Labute approximate surface area is 122 Å². The summed E-state index contributed by atoms with van der Waals surface area (Å²) in [6.07, 6.45) is -0.599. The van der Waals surface area contributed by atoms with Gasteiger partial charge < -0.3 is 20.1 Å². The summed E-state index contributed by atoms with van der Waals surface area (Å²) in [5.74, 6) is 0. The third-order valence-electron chi connectivity index (χ3n) is 4.38. The Bertz CT molecular complexity index is 742. The molecule has 3 atom stereocenters. The average molecular weight is 282 g/mol. The van der Waals surface area contributed by atoms with Gasteiger partial charge >= 0.3 is 0 Å². The molecule has 21 heavy (non-hydrogen) atoms. The first kappa shape index (κ1) is 12.8. The van der Waals surface area contributed by atoms with Gasteiger partial charge in [-0.3, -0.25) is 0 Å². The Balaban J connectivity index is 2.01. The summed E-state index contributed by atoms with van der Waals surface area (Å²) in [6, 6.07) is 16.0. The van der Waals surface area contributed by atoms with Gasteiger partial charge in [0.25, 0.3) is 0 Å². The zero-order valence-electron chi connectivity index (χ0n) is 11.6. The van der Waals surface area contributed by atoms with Crippen LogP contribution in [0.1, 0.15) is 6.04 Å². The molecule has 108 valence electrons. The van der Waals surface area contributed by atoms with Gasteiger partial charge in [0.1, 0.15) is 0 Å². The van der Waals surface area contributed by atoms with E-state index in [1.165, 1.54) is 10.8 Å². The van der Waals surface area contributed by atoms with E-state index in [0.717, 1.165) is 11.0 Å². The van der Waals surface area contributed by atoms with Gasteiger partial charge in [0.15, 0.2) is 0 Å². The normalized spacial score (nSPS) is 26.5. The van der Waals surface area contributed by atoms with Crippen molar-refractivity contribution >= 4 is 21.8 Å². The van der Waals surface area contributed by atoms with Crippen LogP contribution in [0.4, 0.5) is 0 Å². The van der Waals surface area contributed by atoms with Crippen LogP contribution in [0.25, 0.3) is 21.8 Å². The summed E-state index contributed by atoms with van der Waals surface area (Å²) in [4.78, 5) is 0. The highest BCUT2D eigenvalue weighted by molar-refractivity contribution is 6.08. The van der Waals surface area contributed by atoms with Gasteiger partial charge in [-0.15, -0.1) is 0 Å². The number of nitrogens with two attached hydrogens (primary N) is 1. The smallest absolute Gasteiger partial charge is 0.0943 e. The monoisotopic (exact) mass is 282 g/mol. The number of para-hydroxylation sites is 2. The zero-order chi connectivity index (χ0) is 14.4. The summed E-state index contributed by atoms with van der Waals surface area (Å²) < 4.78 is 7.76. The number of benzene rings is 2. The van der Waals surface area contributed by atoms with Gasteiger partial charge in [-0.25, -0.2) is 0 Å². The van der Waals surface area contributed by atoms with Gasteiger partial charge in [0.2, 0.25) is 0 Å². The molecule has 0 spiro atoms. The van der Waals surface area contributed by atoms with Crippen LogP contribution in [0.5, 0.6) is 0 Å². The van der Waals surface area contributed by atoms with E-state index in [2.05, 4.69) is 28.8 Å². The van der Waals surface area contributed by atoms with Crippen LogP contribution >= 0.6 is 0 Å². The van der Waals surface area contributed by atoms with Crippen molar-refractivity contribution < 1.29 is 9.84 Å². The van der Waals surface area contributed by atoms with Crippen molar-refractivity contribution in [3.8, 4) is 0 Å². The number of nitrogens with zero attached hydrogens (tertiary/aromatic N) is 1. The van der Waals surface area contributed by atoms with Gasteiger partial charge in [-0.05, 0) is 12.1 Å². The maximum Gasteiger partial charge on any atom is 0.0943 e. The Morgan fingerprint density at radius 3 is 2.14 bits per heavy atom. The van der Waals surface area contributed by atoms with E-state index in [4.69, 9.17) is 10.5 Å². The van der Waals surface area contributed by atoms with E-state index in [9.17, 15) is 5.11 Å². The van der Waals surface area contributed by atoms with E-state index in [0.29, 0.717) is 13.2 Å². The van der Waals surface area contributed by atoms with Crippen molar-refractivity contribution in [1.82, 2.24) is 4.57 Å². The fourth-order valence-electron chi connectivity index (χ4n) is 3.34. The molecule has 0 saturated carbocycles. The van der Waals surface area contributed by atoms with Gasteiger partial charge in [0.05, 0.1) is 31.4 Å². The van der Waals surface area contributed by atoms with Crippen molar-refractivity contribution in [2.24, 2.45) is 5.73 Å². The highest BCUT2D eigenvalue weighted by Gasteiger charge is 2.33. The molecule has 1 aliphatic rings. The second-order valence-corrected chi connectivity index (χ2v) is 5.66. The van der Waals surface area contributed by atoms with Crippen LogP contribution in [0.2, 0.25) is 0 Å². The Hall–Kier alpha value is -1.88. The van der Waals surface area contributed by atoms with Crippen LogP contribution in [0, 0.1) is 0 Å². The molecule has 4 nitrogen and oxygen atoms in total. The first-order chi connectivity index (χ1) is 10.3. The van der Waals surface area contributed by atoms with Crippen LogP contribution in [-0.2, 0) is 4.74 Å². The lowest BCUT2D eigenvalue weighted by molar-refractivity contribution is -0.0416. The number of aliphatic hydroxyl groups is 1. The van der Waals surface area contributed by atoms with E-state index >= 15 is 0 Å². The first-order valence-corrected chi connectivity index (χ1v) is 7.26. The Morgan fingerprint density at radius 1 is 0.952 bits per heavy atom. The fraction of sp³-hybridized carbons (Fsp3) is 0.294. The zero-order valence-corrected chi connectivity index (χ0v) is 11.6. The predicted octanol–water partition coefficient (Wildman–Crippen LogP) is 2.05. The van der Waals surface area contributed by atoms with E-state index in [1.807, 2.05) is 24.3 Å². The van der Waals surface area contributed by atoms with Crippen molar-refractivity contribution in [3.05, 3.63) is 48.5 Å². The maximum atomic E-state index is 10.5. The molecule has 0 bridgehead atoms. The van der Waals surface area contributed by atoms with Crippen LogP contribution in [0.15, 0.2) is 48.5 Å². The molecule has 4 rings (SSSR count). The molecule has 0 amide bonds. The third-order valence-corrected chi connectivity index (χ3v) is 4.38. The van der Waals surface area contributed by atoms with Crippen molar-refractivity contribution in [2.75, 3.05) is 13.2 Å². The molecular weight excluding hydrogens is 264 g/mol. The molecule has 0 unspecified atom stereocenters. The molecule has 2 heterocycles. The lowest BCUT2D eigenvalue weighted by Gasteiger charge is -2.34. The summed E-state index contributed by atoms with van der Waals surface area (Å²) in [6.45, 7) is 0.895. The lowest BCUT2D eigenvalue weighted by atomic mass is 10.0. The molecule has 0 aliphatic carbocycles. The van der Waals surface area contributed by atoms with E-state index in [1.54, 1.807) is 0 Å². The summed E-state index contributed by atoms with van der Waals surface area (Å²) in [5, 5.41) is 12.9. The topological polar surface area (TPSA) is 60.4 Å². The average Bonchev–Trinajstić information content (AvgIpc) is 2.85. The maximum absolute atomic E-state index is 10.5. The molecule has 2 aromatic carbocycles. The predicted molar refractivity (Wildman–Crippen MR) is 83.3 cm³/mol. The van der Waals surface area contributed by atoms with E-state index in [-0.39, 0.29) is 12.1 Å². The number of aliphatic hydroxyl groups excluding tert-OH is 1. The van der Waals surface area contributed by atoms with Crippen LogP contribution in [-0.4, -0.2) is 35.0 Å². The van der Waals surface area contributed by atoms with Crippen LogP contribution < -0.4 is 5.73 Å². The summed E-state index contributed by atoms with van der Waals surface area (Å²) in [7, 11) is 0. The Morgan fingerprint density at radius 2 is 1.52 bits per heavy atom. The number of fused-ring (bicyclic) bond motifs is 3. The van der Waals surface area contributed by atoms with Gasteiger partial charge in [-0.1, -0.05) is 36.4 Å². The molecule has 3 aromatic rings. The fourth-order valence-corrected chi connectivity index (χ4v) is 3.34. The van der Waals surface area contributed by atoms with Crippen molar-refractivity contribution in [3.63, 3.8) is 0 Å². The number of hydrogen-bond donors (Lipinski definition) is 2. The molecule has 1 aromatic heterocycles. The molecular formula is C17H18N2O2. The number of aromatic nitrogens is 1. The third kappa shape index (κ3) is 1.87. The van der Waals surface area contributed by atoms with Gasteiger partial charge in [0, 0.05) is 21.8 Å². The van der Waals surface area contributed by atoms with Crippen LogP contribution in [0.3, 0.4) is 0 Å². The minimum atomic E-state index is -0.599. The second kappa shape index (κ2) is 4.84. The summed E-state index contributed by atoms with van der Waals surface area (Å²) in [5.41, 5.74) is 8.20. The SMILES string of the molecule is N[C@@H]1COC[C@H](n2c3ccccc3c3ccccc32)[C@H]1O.